The summed E-state index contributed by atoms with van der Waals surface area (Å²) < 4.78 is 20.5. The van der Waals surface area contributed by atoms with E-state index in [-0.39, 0.29) is 11.4 Å². The molecule has 1 atom stereocenters. The number of halogens is 1. The third kappa shape index (κ3) is 5.26. The van der Waals surface area contributed by atoms with Crippen molar-refractivity contribution >= 4 is 10.9 Å². The average Bonchev–Trinajstić information content (AvgIpc) is 3.37. The largest absolute Gasteiger partial charge is 0.497 e. The van der Waals surface area contributed by atoms with E-state index >= 15 is 0 Å². The molecule has 0 saturated heterocycles. The predicted octanol–water partition coefficient (Wildman–Crippen LogP) is 4.32. The van der Waals surface area contributed by atoms with Crippen LogP contribution >= 0.6 is 0 Å². The number of fused-ring (bicyclic) bond motifs is 1. The molecule has 0 aliphatic rings. The minimum absolute atomic E-state index is 0.217. The lowest BCUT2D eigenvalue weighted by Crippen LogP contribution is -2.35. The summed E-state index contributed by atoms with van der Waals surface area (Å²) in [6.45, 7) is 3.60. The number of rotatable bonds is 9. The van der Waals surface area contributed by atoms with Gasteiger partial charge >= 0.3 is 0 Å². The molecule has 0 bridgehead atoms. The summed E-state index contributed by atoms with van der Waals surface area (Å²) in [7, 11) is 1.61. The number of methoxy groups -OCH3 is 1. The zero-order valence-electron chi connectivity index (χ0n) is 20.6. The summed E-state index contributed by atoms with van der Waals surface area (Å²) in [5, 5.41) is 13.4. The fraction of sp³-hybridized carbons (Fsp3) is 0.214. The molecular formula is C28H27FN6O2. The second-order valence-corrected chi connectivity index (χ2v) is 8.78. The van der Waals surface area contributed by atoms with E-state index in [2.05, 4.69) is 37.5 Å². The molecule has 2 aromatic heterocycles. The number of aromatic amines is 1. The molecule has 2 heterocycles. The summed E-state index contributed by atoms with van der Waals surface area (Å²) in [5.74, 6) is 0.909. The number of H-pyrrole nitrogens is 1. The first-order valence-corrected chi connectivity index (χ1v) is 12.0. The quantitative estimate of drug-likeness (QED) is 0.326. The number of pyridine rings is 1. The highest BCUT2D eigenvalue weighted by atomic mass is 19.1. The minimum Gasteiger partial charge on any atom is -0.497 e. The Balaban J connectivity index is 1.64. The van der Waals surface area contributed by atoms with Gasteiger partial charge in [0, 0.05) is 23.0 Å². The lowest BCUT2D eigenvalue weighted by molar-refractivity contribution is 0.214. The van der Waals surface area contributed by atoms with Crippen molar-refractivity contribution in [2.75, 3.05) is 13.7 Å². The zero-order valence-corrected chi connectivity index (χ0v) is 20.6. The van der Waals surface area contributed by atoms with E-state index in [1.165, 1.54) is 12.1 Å². The normalized spacial score (nSPS) is 12.2. The smallest absolute Gasteiger partial charge is 0.253 e. The standard InChI is InChI=1S/C28H27FN6O2/c1-3-34(17-19-7-5-4-6-8-19)26(24-16-21-15-23(37-2)13-14-25(21)30-28(24)36)27-31-32-33-35(27)18-20-9-11-22(29)12-10-20/h4-16,26H,3,17-18H2,1-2H3,(H,30,36)/t26-/m0/s1. The Morgan fingerprint density at radius 1 is 1.03 bits per heavy atom. The summed E-state index contributed by atoms with van der Waals surface area (Å²) in [6, 6.07) is 23.2. The lowest BCUT2D eigenvalue weighted by atomic mass is 10.0. The van der Waals surface area contributed by atoms with Crippen LogP contribution in [0.3, 0.4) is 0 Å². The van der Waals surface area contributed by atoms with Crippen molar-refractivity contribution in [3.63, 3.8) is 0 Å². The number of hydrogen-bond donors (Lipinski definition) is 1. The lowest BCUT2D eigenvalue weighted by Gasteiger charge is -2.30. The van der Waals surface area contributed by atoms with Crippen molar-refractivity contribution in [2.24, 2.45) is 0 Å². The molecule has 8 nitrogen and oxygen atoms in total. The number of nitrogens with zero attached hydrogens (tertiary/aromatic N) is 5. The monoisotopic (exact) mass is 498 g/mol. The van der Waals surface area contributed by atoms with E-state index in [1.54, 1.807) is 23.9 Å². The van der Waals surface area contributed by atoms with Gasteiger partial charge in [0.2, 0.25) is 0 Å². The van der Waals surface area contributed by atoms with Crippen LogP contribution in [0.25, 0.3) is 10.9 Å². The summed E-state index contributed by atoms with van der Waals surface area (Å²) in [5.41, 5.74) is 2.97. The molecule has 0 amide bonds. The fourth-order valence-corrected chi connectivity index (χ4v) is 4.52. The number of tetrazole rings is 1. The SMILES string of the molecule is CCN(Cc1ccccc1)[C@@H](c1cc2cc(OC)ccc2[nH]c1=O)c1nnnn1Cc1ccc(F)cc1. The number of ether oxygens (including phenoxy) is 1. The van der Waals surface area contributed by atoms with Gasteiger partial charge in [-0.1, -0.05) is 49.4 Å². The first kappa shape index (κ1) is 24.3. The molecule has 0 aliphatic heterocycles. The van der Waals surface area contributed by atoms with Crippen LogP contribution in [-0.4, -0.2) is 43.7 Å². The molecule has 5 rings (SSSR count). The highest BCUT2D eigenvalue weighted by Gasteiger charge is 2.30. The van der Waals surface area contributed by atoms with E-state index in [4.69, 9.17) is 4.74 Å². The maximum Gasteiger partial charge on any atom is 0.253 e. The highest BCUT2D eigenvalue weighted by molar-refractivity contribution is 5.80. The first-order chi connectivity index (χ1) is 18.1. The van der Waals surface area contributed by atoms with Crippen molar-refractivity contribution in [1.82, 2.24) is 30.1 Å². The molecule has 0 fully saturated rings. The molecule has 0 aliphatic carbocycles. The van der Waals surface area contributed by atoms with Gasteiger partial charge in [-0.2, -0.15) is 0 Å². The van der Waals surface area contributed by atoms with Gasteiger partial charge in [0.25, 0.3) is 5.56 Å². The molecule has 0 saturated carbocycles. The second kappa shape index (κ2) is 10.7. The maximum atomic E-state index is 13.5. The van der Waals surface area contributed by atoms with Crippen LogP contribution in [0.4, 0.5) is 4.39 Å². The molecule has 37 heavy (non-hydrogen) atoms. The Bertz CT molecular complexity index is 1550. The molecule has 1 N–H and O–H groups in total. The zero-order chi connectivity index (χ0) is 25.8. The maximum absolute atomic E-state index is 13.5. The van der Waals surface area contributed by atoms with Crippen molar-refractivity contribution in [2.45, 2.75) is 26.1 Å². The van der Waals surface area contributed by atoms with Crippen LogP contribution in [0.1, 0.15) is 35.5 Å². The summed E-state index contributed by atoms with van der Waals surface area (Å²) in [6.07, 6.45) is 0. The van der Waals surface area contributed by atoms with Crippen LogP contribution in [0.2, 0.25) is 0 Å². The third-order valence-electron chi connectivity index (χ3n) is 6.42. The van der Waals surface area contributed by atoms with Crippen LogP contribution in [-0.2, 0) is 13.1 Å². The predicted molar refractivity (Wildman–Crippen MR) is 139 cm³/mol. The van der Waals surface area contributed by atoms with Crippen molar-refractivity contribution in [3.8, 4) is 5.75 Å². The molecule has 0 radical (unpaired) electrons. The fourth-order valence-electron chi connectivity index (χ4n) is 4.52. The van der Waals surface area contributed by atoms with Gasteiger partial charge in [-0.15, -0.1) is 5.10 Å². The molecule has 0 unspecified atom stereocenters. The molecule has 5 aromatic rings. The van der Waals surface area contributed by atoms with E-state index in [0.717, 1.165) is 16.5 Å². The Morgan fingerprint density at radius 3 is 2.54 bits per heavy atom. The third-order valence-corrected chi connectivity index (χ3v) is 6.42. The van der Waals surface area contributed by atoms with Gasteiger partial charge in [-0.05, 0) is 64.5 Å². The molecule has 0 spiro atoms. The Hall–Kier alpha value is -4.37. The van der Waals surface area contributed by atoms with Gasteiger partial charge < -0.3 is 9.72 Å². The molecular weight excluding hydrogens is 471 g/mol. The number of hydrogen-bond acceptors (Lipinski definition) is 6. The van der Waals surface area contributed by atoms with Gasteiger partial charge in [-0.25, -0.2) is 9.07 Å². The Labute approximate surface area is 213 Å². The van der Waals surface area contributed by atoms with Crippen LogP contribution in [0.15, 0.2) is 83.7 Å². The van der Waals surface area contributed by atoms with E-state index in [9.17, 15) is 9.18 Å². The van der Waals surface area contributed by atoms with Gasteiger partial charge in [-0.3, -0.25) is 9.69 Å². The first-order valence-electron chi connectivity index (χ1n) is 12.0. The highest BCUT2D eigenvalue weighted by Crippen LogP contribution is 2.29. The molecule has 9 heteroatoms. The van der Waals surface area contributed by atoms with Crippen LogP contribution in [0, 0.1) is 5.82 Å². The number of aromatic nitrogens is 5. The van der Waals surface area contributed by atoms with Gasteiger partial charge in [0.05, 0.1) is 13.7 Å². The molecule has 188 valence electrons. The van der Waals surface area contributed by atoms with Gasteiger partial charge in [0.1, 0.15) is 17.6 Å². The van der Waals surface area contributed by atoms with Gasteiger partial charge in [0.15, 0.2) is 5.82 Å². The van der Waals surface area contributed by atoms with E-state index in [0.29, 0.717) is 42.3 Å². The van der Waals surface area contributed by atoms with Crippen molar-refractivity contribution < 1.29 is 9.13 Å². The van der Waals surface area contributed by atoms with E-state index < -0.39 is 6.04 Å². The van der Waals surface area contributed by atoms with E-state index in [1.807, 2.05) is 49.4 Å². The second-order valence-electron chi connectivity index (χ2n) is 8.78. The van der Waals surface area contributed by atoms with Crippen LogP contribution in [0.5, 0.6) is 5.75 Å². The number of nitrogens with one attached hydrogen (secondary N) is 1. The Kier molecular flexibility index (Phi) is 7.04. The Morgan fingerprint density at radius 2 is 1.81 bits per heavy atom. The van der Waals surface area contributed by atoms with Crippen LogP contribution < -0.4 is 10.3 Å². The molecule has 3 aromatic carbocycles. The van der Waals surface area contributed by atoms with Crippen molar-refractivity contribution in [3.05, 3.63) is 118 Å². The van der Waals surface area contributed by atoms with Crippen molar-refractivity contribution in [1.29, 1.82) is 0 Å². The average molecular weight is 499 g/mol. The summed E-state index contributed by atoms with van der Waals surface area (Å²) in [4.78, 5) is 18.6. The minimum atomic E-state index is -0.542. The topological polar surface area (TPSA) is 88.9 Å². The summed E-state index contributed by atoms with van der Waals surface area (Å²) >= 11 is 0. The number of benzene rings is 3.